The minimum absolute atomic E-state index is 0.0956. The van der Waals surface area contributed by atoms with E-state index in [4.69, 9.17) is 15.9 Å². The molecule has 0 radical (unpaired) electrons. The van der Waals surface area contributed by atoms with E-state index in [0.29, 0.717) is 45.8 Å². The largest absolute Gasteiger partial charge is 0.457 e. The van der Waals surface area contributed by atoms with Crippen molar-refractivity contribution in [3.05, 3.63) is 101 Å². The maximum Gasteiger partial charge on any atom is 0.262 e. The van der Waals surface area contributed by atoms with Crippen molar-refractivity contribution >= 4 is 46.7 Å². The lowest BCUT2D eigenvalue weighted by Gasteiger charge is -2.36. The van der Waals surface area contributed by atoms with Gasteiger partial charge in [0.1, 0.15) is 35.5 Å². The predicted octanol–water partition coefficient (Wildman–Crippen LogP) is 4.15. The number of likely N-dealkylation sites (tertiary alicyclic amines) is 2. The number of nitrogens with zero attached hydrogens (tertiary/aromatic N) is 6. The summed E-state index contributed by atoms with van der Waals surface area (Å²) in [5, 5.41) is 14.9. The van der Waals surface area contributed by atoms with Crippen molar-refractivity contribution in [1.82, 2.24) is 30.0 Å². The van der Waals surface area contributed by atoms with Crippen LogP contribution in [0.1, 0.15) is 70.4 Å². The Hall–Kier alpha value is -6.19. The van der Waals surface area contributed by atoms with Crippen molar-refractivity contribution in [2.45, 2.75) is 56.7 Å². The zero-order chi connectivity index (χ0) is 40.6. The summed E-state index contributed by atoms with van der Waals surface area (Å²) in [4.78, 5) is 68.0. The van der Waals surface area contributed by atoms with Gasteiger partial charge in [0.15, 0.2) is 0 Å². The van der Waals surface area contributed by atoms with Gasteiger partial charge >= 0.3 is 0 Å². The van der Waals surface area contributed by atoms with Crippen molar-refractivity contribution in [1.29, 1.82) is 5.41 Å². The molecule has 0 bridgehead atoms. The lowest BCUT2D eigenvalue weighted by atomic mass is 10.0. The van der Waals surface area contributed by atoms with Crippen LogP contribution in [0.3, 0.4) is 0 Å². The number of imide groups is 2. The fourth-order valence-corrected chi connectivity index (χ4v) is 9.33. The molecule has 0 spiro atoms. The fourth-order valence-electron chi connectivity index (χ4n) is 9.33. The van der Waals surface area contributed by atoms with Gasteiger partial charge in [-0.1, -0.05) is 18.2 Å². The molecule has 0 saturated carbocycles. The number of fused-ring (bicyclic) bond motifs is 1. The number of aromatic nitrogens is 2. The van der Waals surface area contributed by atoms with Crippen molar-refractivity contribution in [2.24, 2.45) is 5.92 Å². The lowest BCUT2D eigenvalue weighted by molar-refractivity contribution is -0.136. The molecule has 3 atom stereocenters. The fraction of sp³-hybridized carbons (Fsp3) is 0.386. The number of nitrogen functional groups attached to an aromatic ring is 1. The third-order valence-electron chi connectivity index (χ3n) is 12.5. The molecule has 5 N–H and O–H groups in total. The van der Waals surface area contributed by atoms with Crippen LogP contribution >= 0.6 is 0 Å². The van der Waals surface area contributed by atoms with Crippen LogP contribution in [0, 0.1) is 11.3 Å². The Labute approximate surface area is 342 Å². The smallest absolute Gasteiger partial charge is 0.262 e. The topological polar surface area (TPSA) is 190 Å². The first kappa shape index (κ1) is 38.3. The molecule has 304 valence electrons. The van der Waals surface area contributed by atoms with E-state index in [-0.39, 0.29) is 36.3 Å². The molecule has 5 aliphatic rings. The predicted molar refractivity (Wildman–Crippen MR) is 222 cm³/mol. The summed E-state index contributed by atoms with van der Waals surface area (Å²) in [5.41, 5.74) is 9.33. The Morgan fingerprint density at radius 2 is 1.59 bits per heavy atom. The highest BCUT2D eigenvalue weighted by Gasteiger charge is 2.45. The van der Waals surface area contributed by atoms with E-state index in [2.05, 4.69) is 35.3 Å². The second-order valence-electron chi connectivity index (χ2n) is 16.2. The van der Waals surface area contributed by atoms with E-state index >= 15 is 0 Å². The zero-order valence-corrected chi connectivity index (χ0v) is 32.8. The SMILES string of the molecule is N=C(c1ccc(Oc2ccccc2)cc1)c1c(N)ncnc1NC1CCN(C2CCN(CC3CCN(c4ccc5c(c4)C(=O)N(C4CCC(=O)NC4=O)C5=O)C3)C2)CC1. The molecule has 0 aliphatic carbocycles. The summed E-state index contributed by atoms with van der Waals surface area (Å²) in [5.74, 6) is 0.817. The summed E-state index contributed by atoms with van der Waals surface area (Å²) in [6.07, 6.45) is 5.78. The Morgan fingerprint density at radius 1 is 0.831 bits per heavy atom. The maximum absolute atomic E-state index is 13.4. The van der Waals surface area contributed by atoms with Crippen LogP contribution in [0.2, 0.25) is 0 Å². The Kier molecular flexibility index (Phi) is 10.5. The number of para-hydroxylation sites is 1. The number of ether oxygens (including phenoxy) is 1. The van der Waals surface area contributed by atoms with Crippen molar-refractivity contribution in [3.63, 3.8) is 0 Å². The number of benzene rings is 3. The van der Waals surface area contributed by atoms with Gasteiger partial charge in [-0.2, -0.15) is 0 Å². The van der Waals surface area contributed by atoms with Crippen LogP contribution in [0.15, 0.2) is 79.1 Å². The summed E-state index contributed by atoms with van der Waals surface area (Å²) < 4.78 is 5.93. The zero-order valence-electron chi connectivity index (χ0n) is 32.8. The van der Waals surface area contributed by atoms with E-state index in [1.165, 1.54) is 6.33 Å². The summed E-state index contributed by atoms with van der Waals surface area (Å²) >= 11 is 0. The summed E-state index contributed by atoms with van der Waals surface area (Å²) in [6.45, 7) is 6.82. The highest BCUT2D eigenvalue weighted by molar-refractivity contribution is 6.23. The molecule has 4 amide bonds. The highest BCUT2D eigenvalue weighted by atomic mass is 16.5. The summed E-state index contributed by atoms with van der Waals surface area (Å²) in [7, 11) is 0. The van der Waals surface area contributed by atoms with Gasteiger partial charge < -0.3 is 25.6 Å². The van der Waals surface area contributed by atoms with Crippen molar-refractivity contribution in [3.8, 4) is 11.5 Å². The molecule has 59 heavy (non-hydrogen) atoms. The molecule has 4 fully saturated rings. The number of nitrogens with two attached hydrogens (primary N) is 1. The minimum atomic E-state index is -0.969. The second kappa shape index (κ2) is 16.2. The maximum atomic E-state index is 13.4. The first-order valence-corrected chi connectivity index (χ1v) is 20.5. The first-order chi connectivity index (χ1) is 28.7. The molecule has 1 aromatic heterocycles. The number of amides is 4. The minimum Gasteiger partial charge on any atom is -0.457 e. The van der Waals surface area contributed by atoms with Crippen LogP contribution < -0.4 is 26.0 Å². The van der Waals surface area contributed by atoms with Gasteiger partial charge in [-0.15, -0.1) is 0 Å². The molecule has 6 heterocycles. The normalized spacial score (nSPS) is 22.8. The van der Waals surface area contributed by atoms with Gasteiger partial charge in [-0.05, 0) is 99.2 Å². The molecule has 15 nitrogen and oxygen atoms in total. The average Bonchev–Trinajstić information content (AvgIpc) is 3.97. The quantitative estimate of drug-likeness (QED) is 0.126. The molecule has 3 aromatic carbocycles. The van der Waals surface area contributed by atoms with Crippen LogP contribution in [-0.4, -0.2) is 118 Å². The van der Waals surface area contributed by atoms with Gasteiger partial charge in [0.2, 0.25) is 11.8 Å². The number of nitrogens with one attached hydrogen (secondary N) is 3. The van der Waals surface area contributed by atoms with Gasteiger partial charge in [-0.3, -0.25) is 39.7 Å². The van der Waals surface area contributed by atoms with Crippen LogP contribution in [0.25, 0.3) is 0 Å². The first-order valence-electron chi connectivity index (χ1n) is 20.5. The molecule has 4 saturated heterocycles. The number of anilines is 3. The average molecular weight is 797 g/mol. The highest BCUT2D eigenvalue weighted by Crippen LogP contribution is 2.34. The summed E-state index contributed by atoms with van der Waals surface area (Å²) in [6, 6.07) is 22.1. The van der Waals surface area contributed by atoms with Gasteiger partial charge in [0.05, 0.1) is 22.4 Å². The monoisotopic (exact) mass is 796 g/mol. The number of carbonyl (C=O) groups excluding carboxylic acids is 4. The molecule has 3 unspecified atom stereocenters. The Morgan fingerprint density at radius 3 is 2.37 bits per heavy atom. The van der Waals surface area contributed by atoms with Crippen LogP contribution in [0.4, 0.5) is 17.3 Å². The van der Waals surface area contributed by atoms with Crippen molar-refractivity contribution in [2.75, 3.05) is 61.8 Å². The molecular weight excluding hydrogens is 749 g/mol. The second-order valence-corrected chi connectivity index (χ2v) is 16.2. The number of piperidine rings is 2. The Bertz CT molecular complexity index is 2280. The molecule has 9 rings (SSSR count). The molecule has 5 aliphatic heterocycles. The standard InChI is InChI=1S/C44H48N10O5/c45-39(28-6-9-33(10-7-28)59-32-4-2-1-3-5-32)38-40(46)47-26-48-41(38)49-29-15-20-52(21-16-29)31-17-18-51(25-31)23-27-14-19-53(24-27)30-8-11-34-35(22-30)44(58)54(43(34)57)36-12-13-37(55)50-42(36)56/h1-11,22,26-27,29,31,36,45H,12-21,23-25H2,(H,50,55,56)(H3,46,47,48,49). The third kappa shape index (κ3) is 7.87. The third-order valence-corrected chi connectivity index (χ3v) is 12.5. The van der Waals surface area contributed by atoms with E-state index in [0.717, 1.165) is 87.8 Å². The number of hydrogen-bond donors (Lipinski definition) is 4. The van der Waals surface area contributed by atoms with Crippen molar-refractivity contribution < 1.29 is 23.9 Å². The van der Waals surface area contributed by atoms with Crippen LogP contribution in [0.5, 0.6) is 11.5 Å². The lowest BCUT2D eigenvalue weighted by Crippen LogP contribution is -2.54. The van der Waals surface area contributed by atoms with Gasteiger partial charge in [-0.25, -0.2) is 9.97 Å². The van der Waals surface area contributed by atoms with E-state index < -0.39 is 23.8 Å². The Balaban J connectivity index is 0.750. The van der Waals surface area contributed by atoms with E-state index in [1.54, 1.807) is 12.1 Å². The number of hydrogen-bond acceptors (Lipinski definition) is 13. The number of carbonyl (C=O) groups is 4. The van der Waals surface area contributed by atoms with E-state index in [1.807, 2.05) is 60.7 Å². The molecule has 4 aromatic rings. The van der Waals surface area contributed by atoms with E-state index in [9.17, 15) is 19.2 Å². The van der Waals surface area contributed by atoms with Gasteiger partial charge in [0.25, 0.3) is 11.8 Å². The number of rotatable bonds is 11. The molecule has 15 heteroatoms. The van der Waals surface area contributed by atoms with Crippen LogP contribution in [-0.2, 0) is 9.59 Å². The molecular formula is C44H48N10O5. The van der Waals surface area contributed by atoms with Gasteiger partial charge in [0, 0.05) is 69.0 Å².